The van der Waals surface area contributed by atoms with Crippen LogP contribution in [0.15, 0.2) is 18.3 Å². The first-order valence-electron chi connectivity index (χ1n) is 3.22. The molecular formula is C7H11Cl2FN2O. The number of aliphatic hydroxyl groups excluding tert-OH is 1. The molecule has 0 aromatic carbocycles. The summed E-state index contributed by atoms with van der Waals surface area (Å²) in [5.74, 6) is -0.404. The lowest BCUT2D eigenvalue weighted by atomic mass is 10.2. The molecule has 1 atom stereocenters. The molecule has 13 heavy (non-hydrogen) atoms. The molecule has 0 aliphatic rings. The monoisotopic (exact) mass is 228 g/mol. The predicted molar refractivity (Wildman–Crippen MR) is 52.7 cm³/mol. The molecule has 0 aliphatic heterocycles. The van der Waals surface area contributed by atoms with Crippen molar-refractivity contribution in [2.24, 2.45) is 5.73 Å². The molecule has 0 radical (unpaired) electrons. The Kier molecular flexibility index (Phi) is 8.15. The first-order valence-corrected chi connectivity index (χ1v) is 3.22. The van der Waals surface area contributed by atoms with Gasteiger partial charge in [-0.05, 0) is 12.1 Å². The van der Waals surface area contributed by atoms with Gasteiger partial charge in [-0.1, -0.05) is 0 Å². The van der Waals surface area contributed by atoms with Crippen LogP contribution in [-0.2, 0) is 0 Å². The summed E-state index contributed by atoms with van der Waals surface area (Å²) in [4.78, 5) is 3.69. The summed E-state index contributed by atoms with van der Waals surface area (Å²) < 4.78 is 12.3. The van der Waals surface area contributed by atoms with Gasteiger partial charge < -0.3 is 10.8 Å². The maximum Gasteiger partial charge on any atom is 0.141 e. The molecule has 1 heterocycles. The number of aromatic nitrogens is 1. The summed E-state index contributed by atoms with van der Waals surface area (Å²) in [6.07, 6.45) is 1.07. The summed E-state index contributed by atoms with van der Waals surface area (Å²) in [6.45, 7) is -0.182. The van der Waals surface area contributed by atoms with E-state index in [-0.39, 0.29) is 31.4 Å². The number of nitrogens with two attached hydrogens (primary N) is 1. The fourth-order valence-electron chi connectivity index (χ4n) is 0.700. The van der Waals surface area contributed by atoms with Gasteiger partial charge in [-0.2, -0.15) is 0 Å². The van der Waals surface area contributed by atoms with Crippen molar-refractivity contribution in [3.8, 4) is 0 Å². The lowest BCUT2D eigenvalue weighted by Gasteiger charge is -2.05. The Labute approximate surface area is 88.0 Å². The first kappa shape index (κ1) is 15.1. The standard InChI is InChI=1S/C7H9FN2O.2ClH/c8-5-1-2-7(10-3-5)6(9)4-11;;/h1-3,6,11H,4,9H2;2*1H. The van der Waals surface area contributed by atoms with Gasteiger partial charge in [0, 0.05) is 0 Å². The molecule has 0 saturated heterocycles. The zero-order valence-electron chi connectivity index (χ0n) is 6.68. The Bertz CT molecular complexity index is 232. The molecule has 0 spiro atoms. The van der Waals surface area contributed by atoms with Crippen LogP contribution < -0.4 is 5.73 Å². The number of nitrogens with zero attached hydrogens (tertiary/aromatic N) is 1. The molecule has 0 amide bonds. The highest BCUT2D eigenvalue weighted by Crippen LogP contribution is 2.05. The van der Waals surface area contributed by atoms with Gasteiger partial charge in [0.1, 0.15) is 5.82 Å². The Morgan fingerprint density at radius 2 is 2.08 bits per heavy atom. The normalized spacial score (nSPS) is 11.0. The minimum Gasteiger partial charge on any atom is -0.394 e. The van der Waals surface area contributed by atoms with Crippen LogP contribution in [0.1, 0.15) is 11.7 Å². The van der Waals surface area contributed by atoms with Gasteiger partial charge in [-0.15, -0.1) is 24.8 Å². The molecule has 0 fully saturated rings. The highest BCUT2D eigenvalue weighted by molar-refractivity contribution is 5.85. The third kappa shape index (κ3) is 4.38. The van der Waals surface area contributed by atoms with Crippen molar-refractivity contribution < 1.29 is 9.50 Å². The van der Waals surface area contributed by atoms with E-state index < -0.39 is 11.9 Å². The number of hydrogen-bond donors (Lipinski definition) is 2. The summed E-state index contributed by atoms with van der Waals surface area (Å²) in [5, 5.41) is 8.60. The number of halogens is 3. The molecular weight excluding hydrogens is 218 g/mol. The van der Waals surface area contributed by atoms with Crippen LogP contribution in [0, 0.1) is 5.82 Å². The first-order chi connectivity index (χ1) is 5.24. The van der Waals surface area contributed by atoms with E-state index in [9.17, 15) is 4.39 Å². The van der Waals surface area contributed by atoms with Crippen molar-refractivity contribution in [2.75, 3.05) is 6.61 Å². The van der Waals surface area contributed by atoms with Crippen LogP contribution in [0.25, 0.3) is 0 Å². The van der Waals surface area contributed by atoms with Crippen molar-refractivity contribution in [2.45, 2.75) is 6.04 Å². The summed E-state index contributed by atoms with van der Waals surface area (Å²) in [5.41, 5.74) is 5.90. The van der Waals surface area contributed by atoms with E-state index in [0.29, 0.717) is 5.69 Å². The van der Waals surface area contributed by atoms with E-state index in [0.717, 1.165) is 6.20 Å². The van der Waals surface area contributed by atoms with Crippen molar-refractivity contribution >= 4 is 24.8 Å². The molecule has 0 saturated carbocycles. The topological polar surface area (TPSA) is 59.1 Å². The van der Waals surface area contributed by atoms with Gasteiger partial charge in [-0.3, -0.25) is 4.98 Å². The minimum absolute atomic E-state index is 0. The molecule has 3 N–H and O–H groups in total. The molecule has 1 aromatic heterocycles. The van der Waals surface area contributed by atoms with E-state index in [4.69, 9.17) is 10.8 Å². The number of aliphatic hydroxyl groups is 1. The minimum atomic E-state index is -0.518. The third-order valence-corrected chi connectivity index (χ3v) is 1.33. The van der Waals surface area contributed by atoms with Gasteiger partial charge in [0.25, 0.3) is 0 Å². The molecule has 3 nitrogen and oxygen atoms in total. The molecule has 1 aromatic rings. The fourth-order valence-corrected chi connectivity index (χ4v) is 0.700. The third-order valence-electron chi connectivity index (χ3n) is 1.33. The molecule has 0 aliphatic carbocycles. The second-order valence-corrected chi connectivity index (χ2v) is 2.19. The molecule has 6 heteroatoms. The van der Waals surface area contributed by atoms with E-state index in [2.05, 4.69) is 4.98 Å². The van der Waals surface area contributed by atoms with Crippen molar-refractivity contribution in [3.05, 3.63) is 29.8 Å². The largest absolute Gasteiger partial charge is 0.394 e. The van der Waals surface area contributed by atoms with Gasteiger partial charge in [0.2, 0.25) is 0 Å². The van der Waals surface area contributed by atoms with Gasteiger partial charge in [0.05, 0.1) is 24.5 Å². The van der Waals surface area contributed by atoms with Crippen molar-refractivity contribution in [1.82, 2.24) is 4.98 Å². The van der Waals surface area contributed by atoms with E-state index in [1.54, 1.807) is 0 Å². The molecule has 0 bridgehead atoms. The van der Waals surface area contributed by atoms with E-state index in [1.807, 2.05) is 0 Å². The van der Waals surface area contributed by atoms with Gasteiger partial charge >= 0.3 is 0 Å². The van der Waals surface area contributed by atoms with Crippen LogP contribution in [0.5, 0.6) is 0 Å². The molecule has 1 unspecified atom stereocenters. The van der Waals surface area contributed by atoms with E-state index >= 15 is 0 Å². The van der Waals surface area contributed by atoms with Crippen LogP contribution in [0.2, 0.25) is 0 Å². The van der Waals surface area contributed by atoms with Crippen LogP contribution in [-0.4, -0.2) is 16.7 Å². The van der Waals surface area contributed by atoms with Crippen molar-refractivity contribution in [1.29, 1.82) is 0 Å². The summed E-state index contributed by atoms with van der Waals surface area (Å²) >= 11 is 0. The van der Waals surface area contributed by atoms with Gasteiger partial charge in [0.15, 0.2) is 0 Å². The fraction of sp³-hybridized carbons (Fsp3) is 0.286. The Morgan fingerprint density at radius 1 is 1.46 bits per heavy atom. The van der Waals surface area contributed by atoms with Crippen LogP contribution >= 0.6 is 24.8 Å². The van der Waals surface area contributed by atoms with Crippen LogP contribution in [0.3, 0.4) is 0 Å². The quantitative estimate of drug-likeness (QED) is 0.796. The van der Waals surface area contributed by atoms with Crippen molar-refractivity contribution in [3.63, 3.8) is 0 Å². The molecule has 76 valence electrons. The Balaban J connectivity index is 0. The summed E-state index contributed by atoms with van der Waals surface area (Å²) in [7, 11) is 0. The zero-order chi connectivity index (χ0) is 8.27. The smallest absolute Gasteiger partial charge is 0.141 e. The highest BCUT2D eigenvalue weighted by Gasteiger charge is 2.04. The Morgan fingerprint density at radius 3 is 2.46 bits per heavy atom. The van der Waals surface area contributed by atoms with Gasteiger partial charge in [-0.25, -0.2) is 4.39 Å². The van der Waals surface area contributed by atoms with E-state index in [1.165, 1.54) is 12.1 Å². The maximum absolute atomic E-state index is 12.3. The highest BCUT2D eigenvalue weighted by atomic mass is 35.5. The average molecular weight is 229 g/mol. The Hall–Kier alpha value is -0.420. The maximum atomic E-state index is 12.3. The van der Waals surface area contributed by atoms with Crippen LogP contribution in [0.4, 0.5) is 4.39 Å². The second-order valence-electron chi connectivity index (χ2n) is 2.19. The lowest BCUT2D eigenvalue weighted by molar-refractivity contribution is 0.265. The predicted octanol–water partition coefficient (Wildman–Crippen LogP) is 1.06. The summed E-state index contributed by atoms with van der Waals surface area (Å²) in [6, 6.07) is 2.20. The average Bonchev–Trinajstić information content (AvgIpc) is 2.05. The number of hydrogen-bond acceptors (Lipinski definition) is 3. The number of pyridine rings is 1. The molecule has 1 rings (SSSR count). The lowest BCUT2D eigenvalue weighted by Crippen LogP contribution is -2.15. The number of rotatable bonds is 2. The second kappa shape index (κ2) is 7.03. The SMILES string of the molecule is Cl.Cl.NC(CO)c1ccc(F)cn1. The zero-order valence-corrected chi connectivity index (χ0v) is 8.32.